The molecule has 0 aromatic carbocycles. The fraction of sp³-hybridized carbons (Fsp3) is 1.00. The minimum absolute atomic E-state index is 0.618. The van der Waals surface area contributed by atoms with Crippen LogP contribution in [0.5, 0.6) is 0 Å². The standard InChI is InChI=1S/C17H35N3/c1-4-5-17(13-18)20-10-8-19(9-11-20)16-7-6-14(2)15(3)12-16/h14-17H,4-13,18H2,1-3H3. The molecule has 4 unspecified atom stereocenters. The first-order chi connectivity index (χ1) is 9.65. The molecule has 2 rings (SSSR count). The highest BCUT2D eigenvalue weighted by molar-refractivity contribution is 4.86. The number of nitrogens with zero attached hydrogens (tertiary/aromatic N) is 2. The van der Waals surface area contributed by atoms with Gasteiger partial charge in [-0.15, -0.1) is 0 Å². The Kier molecular flexibility index (Phi) is 6.31. The van der Waals surface area contributed by atoms with E-state index in [-0.39, 0.29) is 0 Å². The smallest absolute Gasteiger partial charge is 0.0219 e. The molecule has 2 fully saturated rings. The van der Waals surface area contributed by atoms with Crippen LogP contribution in [0.15, 0.2) is 0 Å². The van der Waals surface area contributed by atoms with Gasteiger partial charge < -0.3 is 5.73 Å². The Morgan fingerprint density at radius 3 is 2.30 bits per heavy atom. The molecule has 0 bridgehead atoms. The van der Waals surface area contributed by atoms with E-state index in [1.54, 1.807) is 0 Å². The highest BCUT2D eigenvalue weighted by Gasteiger charge is 2.31. The lowest BCUT2D eigenvalue weighted by molar-refractivity contribution is 0.0400. The van der Waals surface area contributed by atoms with Gasteiger partial charge in [0.25, 0.3) is 0 Å². The van der Waals surface area contributed by atoms with Crippen molar-refractivity contribution >= 4 is 0 Å². The number of hydrogen-bond donors (Lipinski definition) is 1. The monoisotopic (exact) mass is 281 g/mol. The third-order valence-corrected chi connectivity index (χ3v) is 5.85. The quantitative estimate of drug-likeness (QED) is 0.840. The van der Waals surface area contributed by atoms with Crippen LogP contribution in [0.2, 0.25) is 0 Å². The Morgan fingerprint density at radius 2 is 1.75 bits per heavy atom. The summed E-state index contributed by atoms with van der Waals surface area (Å²) < 4.78 is 0. The normalized spacial score (nSPS) is 35.1. The zero-order chi connectivity index (χ0) is 14.5. The Hall–Kier alpha value is -0.120. The predicted octanol–water partition coefficient (Wildman–Crippen LogP) is 2.56. The van der Waals surface area contributed by atoms with Gasteiger partial charge in [0, 0.05) is 44.8 Å². The van der Waals surface area contributed by atoms with Crippen molar-refractivity contribution in [1.29, 1.82) is 0 Å². The zero-order valence-corrected chi connectivity index (χ0v) is 13.9. The van der Waals surface area contributed by atoms with Crippen molar-refractivity contribution in [2.75, 3.05) is 32.7 Å². The Labute approximate surface area is 125 Å². The average molecular weight is 281 g/mol. The molecule has 1 saturated carbocycles. The minimum atomic E-state index is 0.618. The molecule has 4 atom stereocenters. The molecule has 0 aromatic rings. The van der Waals surface area contributed by atoms with Gasteiger partial charge in [-0.1, -0.05) is 27.2 Å². The maximum absolute atomic E-state index is 5.95. The summed E-state index contributed by atoms with van der Waals surface area (Å²) in [7, 11) is 0. The molecule has 0 amide bonds. The van der Waals surface area contributed by atoms with E-state index < -0.39 is 0 Å². The molecule has 3 heteroatoms. The van der Waals surface area contributed by atoms with Crippen molar-refractivity contribution in [3.05, 3.63) is 0 Å². The third-order valence-electron chi connectivity index (χ3n) is 5.85. The molecule has 118 valence electrons. The summed E-state index contributed by atoms with van der Waals surface area (Å²) in [4.78, 5) is 5.40. The molecule has 3 nitrogen and oxygen atoms in total. The first-order valence-electron chi connectivity index (χ1n) is 8.83. The van der Waals surface area contributed by atoms with Crippen LogP contribution in [-0.2, 0) is 0 Å². The molecule has 0 radical (unpaired) electrons. The summed E-state index contributed by atoms with van der Waals surface area (Å²) in [6.07, 6.45) is 6.76. The second kappa shape index (κ2) is 7.77. The number of rotatable bonds is 5. The van der Waals surface area contributed by atoms with Crippen LogP contribution in [0.4, 0.5) is 0 Å². The van der Waals surface area contributed by atoms with E-state index in [4.69, 9.17) is 5.73 Å². The van der Waals surface area contributed by atoms with Crippen LogP contribution in [0.1, 0.15) is 52.9 Å². The van der Waals surface area contributed by atoms with Crippen LogP contribution in [0.25, 0.3) is 0 Å². The van der Waals surface area contributed by atoms with Gasteiger partial charge in [-0.05, 0) is 37.5 Å². The Bertz CT molecular complexity index is 273. The molecule has 1 aliphatic carbocycles. The van der Waals surface area contributed by atoms with Gasteiger partial charge >= 0.3 is 0 Å². The molecule has 1 saturated heterocycles. The van der Waals surface area contributed by atoms with Gasteiger partial charge in [0.05, 0.1) is 0 Å². The SMILES string of the molecule is CCCC(CN)N1CCN(C2CCC(C)C(C)C2)CC1. The molecule has 2 N–H and O–H groups in total. The van der Waals surface area contributed by atoms with Gasteiger partial charge in [-0.3, -0.25) is 9.80 Å². The van der Waals surface area contributed by atoms with E-state index in [1.165, 1.54) is 58.3 Å². The molecule has 0 aromatic heterocycles. The summed E-state index contributed by atoms with van der Waals surface area (Å²) in [5, 5.41) is 0. The van der Waals surface area contributed by atoms with Crippen molar-refractivity contribution in [2.24, 2.45) is 17.6 Å². The highest BCUT2D eigenvalue weighted by atomic mass is 15.3. The van der Waals surface area contributed by atoms with Crippen LogP contribution in [0.3, 0.4) is 0 Å². The largest absolute Gasteiger partial charge is 0.329 e. The molecule has 1 aliphatic heterocycles. The lowest BCUT2D eigenvalue weighted by Gasteiger charge is -2.45. The third kappa shape index (κ3) is 3.96. The van der Waals surface area contributed by atoms with E-state index in [0.717, 1.165) is 24.4 Å². The highest BCUT2D eigenvalue weighted by Crippen LogP contribution is 2.32. The summed E-state index contributed by atoms with van der Waals surface area (Å²) >= 11 is 0. The summed E-state index contributed by atoms with van der Waals surface area (Å²) in [6.45, 7) is 12.9. The maximum Gasteiger partial charge on any atom is 0.0219 e. The minimum Gasteiger partial charge on any atom is -0.329 e. The van der Waals surface area contributed by atoms with E-state index in [0.29, 0.717) is 6.04 Å². The van der Waals surface area contributed by atoms with Crippen molar-refractivity contribution in [2.45, 2.75) is 65.0 Å². The molecule has 1 heterocycles. The van der Waals surface area contributed by atoms with Gasteiger partial charge in [0.2, 0.25) is 0 Å². The van der Waals surface area contributed by atoms with Gasteiger partial charge in [0.15, 0.2) is 0 Å². The fourth-order valence-electron chi connectivity index (χ4n) is 4.10. The molecule has 0 spiro atoms. The van der Waals surface area contributed by atoms with Crippen LogP contribution < -0.4 is 5.73 Å². The summed E-state index contributed by atoms with van der Waals surface area (Å²) in [6, 6.07) is 1.47. The predicted molar refractivity (Wildman–Crippen MR) is 86.9 cm³/mol. The van der Waals surface area contributed by atoms with Gasteiger partial charge in [-0.2, -0.15) is 0 Å². The van der Waals surface area contributed by atoms with Crippen molar-refractivity contribution in [3.63, 3.8) is 0 Å². The van der Waals surface area contributed by atoms with Crippen LogP contribution in [-0.4, -0.2) is 54.6 Å². The fourth-order valence-corrected chi connectivity index (χ4v) is 4.10. The number of hydrogen-bond acceptors (Lipinski definition) is 3. The molecule has 20 heavy (non-hydrogen) atoms. The van der Waals surface area contributed by atoms with E-state index in [2.05, 4.69) is 30.6 Å². The van der Waals surface area contributed by atoms with E-state index >= 15 is 0 Å². The van der Waals surface area contributed by atoms with Gasteiger partial charge in [0.1, 0.15) is 0 Å². The summed E-state index contributed by atoms with van der Waals surface area (Å²) in [5.41, 5.74) is 5.95. The summed E-state index contributed by atoms with van der Waals surface area (Å²) in [5.74, 6) is 1.84. The molecular formula is C17H35N3. The molecular weight excluding hydrogens is 246 g/mol. The van der Waals surface area contributed by atoms with E-state index in [1.807, 2.05) is 0 Å². The number of nitrogens with two attached hydrogens (primary N) is 1. The van der Waals surface area contributed by atoms with Crippen LogP contribution >= 0.6 is 0 Å². The second-order valence-corrected chi connectivity index (χ2v) is 7.17. The van der Waals surface area contributed by atoms with Crippen molar-refractivity contribution < 1.29 is 0 Å². The van der Waals surface area contributed by atoms with Crippen LogP contribution in [0, 0.1) is 11.8 Å². The number of piperazine rings is 1. The lowest BCUT2D eigenvalue weighted by Crippen LogP contribution is -2.55. The van der Waals surface area contributed by atoms with Crippen molar-refractivity contribution in [1.82, 2.24) is 9.80 Å². The zero-order valence-electron chi connectivity index (χ0n) is 13.9. The Morgan fingerprint density at radius 1 is 1.05 bits per heavy atom. The lowest BCUT2D eigenvalue weighted by atomic mass is 9.78. The maximum atomic E-state index is 5.95. The van der Waals surface area contributed by atoms with Gasteiger partial charge in [-0.25, -0.2) is 0 Å². The van der Waals surface area contributed by atoms with E-state index in [9.17, 15) is 0 Å². The Balaban J connectivity index is 1.79. The first-order valence-corrected chi connectivity index (χ1v) is 8.83. The first kappa shape index (κ1) is 16.3. The van der Waals surface area contributed by atoms with Crippen molar-refractivity contribution in [3.8, 4) is 0 Å². The topological polar surface area (TPSA) is 32.5 Å². The second-order valence-electron chi connectivity index (χ2n) is 7.17. The average Bonchev–Trinajstić information content (AvgIpc) is 2.48. The molecule has 2 aliphatic rings.